The summed E-state index contributed by atoms with van der Waals surface area (Å²) in [5.41, 5.74) is 8.79. The molecule has 0 saturated heterocycles. The Morgan fingerprint density at radius 3 is 1.05 bits per heavy atom. The maximum absolute atomic E-state index is 13.8. The SMILES string of the molecule is Cc1c(C)c2c3c(C)c(C)c4c(=O)n(C)n(C)c5c(C)c(C)c(c6c(C)c(C)c7c(=O)n(C)c(=O)c1c7c26)c3c45. The van der Waals surface area contributed by atoms with Gasteiger partial charge in [0.1, 0.15) is 0 Å². The van der Waals surface area contributed by atoms with Crippen molar-refractivity contribution in [3.8, 4) is 0 Å². The van der Waals surface area contributed by atoms with Crippen molar-refractivity contribution in [2.24, 2.45) is 21.1 Å². The molecule has 7 rings (SSSR count). The van der Waals surface area contributed by atoms with Gasteiger partial charge in [0.2, 0.25) is 0 Å². The third kappa shape index (κ3) is 2.37. The molecule has 0 bridgehead atoms. The number of aryl methyl sites for hydroxylation is 9. The monoisotopic (exact) mass is 531 g/mol. The van der Waals surface area contributed by atoms with Crippen molar-refractivity contribution < 1.29 is 0 Å². The number of pyridine rings is 1. The fourth-order valence-corrected chi connectivity index (χ4v) is 7.81. The first-order valence-electron chi connectivity index (χ1n) is 13.8. The summed E-state index contributed by atoms with van der Waals surface area (Å²) in [7, 11) is 5.37. The molecule has 0 aliphatic carbocycles. The topological polar surface area (TPSA) is 66.0 Å². The summed E-state index contributed by atoms with van der Waals surface area (Å²) in [4.78, 5) is 41.2. The number of rotatable bonds is 0. The van der Waals surface area contributed by atoms with Crippen LogP contribution in [-0.4, -0.2) is 13.9 Å². The van der Waals surface area contributed by atoms with Gasteiger partial charge in [0, 0.05) is 37.3 Å². The number of nitrogens with zero attached hydrogens (tertiary/aromatic N) is 3. The lowest BCUT2D eigenvalue weighted by atomic mass is 9.77. The molecule has 6 nitrogen and oxygen atoms in total. The van der Waals surface area contributed by atoms with E-state index in [1.807, 2.05) is 32.6 Å². The molecule has 0 amide bonds. The smallest absolute Gasteiger partial charge is 0.273 e. The summed E-state index contributed by atoms with van der Waals surface area (Å²) in [6.07, 6.45) is 0. The molecule has 6 heteroatoms. The Kier molecular flexibility index (Phi) is 4.53. The third-order valence-corrected chi connectivity index (χ3v) is 10.5. The van der Waals surface area contributed by atoms with Gasteiger partial charge in [-0.25, -0.2) is 0 Å². The summed E-state index contributed by atoms with van der Waals surface area (Å²) >= 11 is 0. The molecule has 0 aliphatic heterocycles. The van der Waals surface area contributed by atoms with Crippen LogP contribution in [0.1, 0.15) is 44.5 Å². The lowest BCUT2D eigenvalue weighted by Crippen LogP contribution is -2.31. The van der Waals surface area contributed by atoms with E-state index in [0.29, 0.717) is 10.8 Å². The largest absolute Gasteiger partial charge is 0.285 e. The Labute approximate surface area is 230 Å². The minimum Gasteiger partial charge on any atom is -0.285 e. The Balaban J connectivity index is 2.09. The van der Waals surface area contributed by atoms with Gasteiger partial charge in [-0.1, -0.05) is 0 Å². The average molecular weight is 532 g/mol. The summed E-state index contributed by atoms with van der Waals surface area (Å²) in [6.45, 7) is 16.7. The van der Waals surface area contributed by atoms with E-state index in [1.54, 1.807) is 11.7 Å². The summed E-state index contributed by atoms with van der Waals surface area (Å²) in [5.74, 6) is 0. The van der Waals surface area contributed by atoms with E-state index in [2.05, 4.69) is 41.5 Å². The van der Waals surface area contributed by atoms with Crippen LogP contribution in [0.15, 0.2) is 14.4 Å². The number of hydrogen-bond donors (Lipinski definition) is 0. The lowest BCUT2D eigenvalue weighted by molar-refractivity contribution is 0.578. The highest BCUT2D eigenvalue weighted by molar-refractivity contribution is 6.42. The van der Waals surface area contributed by atoms with Crippen LogP contribution >= 0.6 is 0 Å². The second-order valence-corrected chi connectivity index (χ2v) is 12.0. The number of aromatic nitrogens is 3. The van der Waals surface area contributed by atoms with Crippen LogP contribution in [-0.2, 0) is 21.1 Å². The molecule has 0 aliphatic rings. The van der Waals surface area contributed by atoms with Gasteiger partial charge in [-0.3, -0.25) is 28.3 Å². The number of hydrogen-bond acceptors (Lipinski definition) is 3. The van der Waals surface area contributed by atoms with Crippen LogP contribution in [0.5, 0.6) is 0 Å². The molecule has 5 aromatic carbocycles. The first kappa shape index (κ1) is 24.8. The summed E-state index contributed by atoms with van der Waals surface area (Å²) in [6, 6.07) is 0. The molecule has 0 atom stereocenters. The molecular formula is C34H33N3O3. The van der Waals surface area contributed by atoms with E-state index in [4.69, 9.17) is 0 Å². The highest BCUT2D eigenvalue weighted by Gasteiger charge is 2.30. The van der Waals surface area contributed by atoms with Crippen molar-refractivity contribution >= 4 is 64.8 Å². The maximum atomic E-state index is 13.8. The van der Waals surface area contributed by atoms with Gasteiger partial charge in [0.05, 0.1) is 21.7 Å². The summed E-state index contributed by atoms with van der Waals surface area (Å²) < 4.78 is 4.95. The van der Waals surface area contributed by atoms with Crippen molar-refractivity contribution in [3.05, 3.63) is 75.6 Å². The van der Waals surface area contributed by atoms with Crippen LogP contribution < -0.4 is 16.7 Å². The molecule has 2 aromatic heterocycles. The van der Waals surface area contributed by atoms with E-state index in [9.17, 15) is 14.4 Å². The molecule has 0 spiro atoms. The highest BCUT2D eigenvalue weighted by Crippen LogP contribution is 2.51. The van der Waals surface area contributed by atoms with Crippen LogP contribution in [0.25, 0.3) is 64.8 Å². The van der Waals surface area contributed by atoms with Crippen molar-refractivity contribution in [3.63, 3.8) is 0 Å². The highest BCUT2D eigenvalue weighted by atomic mass is 16.2. The lowest BCUT2D eigenvalue weighted by Gasteiger charge is -2.28. The standard InChI is InChI=1S/C34H33N3O3/c1-12-15(4)24-29-25(33(39)35(9)32(24)38)16(5)13(2)21-23-18(7)19(8)31-30-26(34(40)37(11)36(31)10)17(6)14(3)22(28(23)30)20(12)27(21)29/h1-11H3. The van der Waals surface area contributed by atoms with Gasteiger partial charge in [-0.2, -0.15) is 0 Å². The van der Waals surface area contributed by atoms with Crippen molar-refractivity contribution in [2.75, 3.05) is 0 Å². The Bertz CT molecular complexity index is 2440. The van der Waals surface area contributed by atoms with E-state index in [0.717, 1.165) is 98.5 Å². The van der Waals surface area contributed by atoms with Gasteiger partial charge < -0.3 is 0 Å². The molecule has 2 heterocycles. The summed E-state index contributed by atoms with van der Waals surface area (Å²) in [5, 5.41) is 10.3. The molecule has 0 saturated carbocycles. The maximum Gasteiger partial charge on any atom is 0.273 e. The predicted octanol–water partition coefficient (Wildman–Crippen LogP) is 6.04. The minimum absolute atomic E-state index is 0.00701. The van der Waals surface area contributed by atoms with Crippen LogP contribution in [0.3, 0.4) is 0 Å². The molecule has 7 aromatic rings. The zero-order chi connectivity index (χ0) is 29.0. The molecular weight excluding hydrogens is 498 g/mol. The van der Waals surface area contributed by atoms with E-state index in [1.165, 1.54) is 4.57 Å². The molecule has 0 N–H and O–H groups in total. The normalized spacial score (nSPS) is 12.7. The minimum atomic E-state index is -0.244. The van der Waals surface area contributed by atoms with Gasteiger partial charge >= 0.3 is 0 Å². The van der Waals surface area contributed by atoms with E-state index >= 15 is 0 Å². The second-order valence-electron chi connectivity index (χ2n) is 12.0. The second kappa shape index (κ2) is 7.30. The Morgan fingerprint density at radius 2 is 0.625 bits per heavy atom. The van der Waals surface area contributed by atoms with Crippen molar-refractivity contribution in [1.29, 1.82) is 0 Å². The van der Waals surface area contributed by atoms with Crippen LogP contribution in [0.4, 0.5) is 0 Å². The number of fused-ring (bicyclic) bond motifs is 2. The van der Waals surface area contributed by atoms with Gasteiger partial charge in [0.15, 0.2) is 0 Å². The van der Waals surface area contributed by atoms with E-state index < -0.39 is 0 Å². The van der Waals surface area contributed by atoms with E-state index in [-0.39, 0.29) is 16.7 Å². The average Bonchev–Trinajstić information content (AvgIpc) is 2.92. The Morgan fingerprint density at radius 1 is 0.325 bits per heavy atom. The fraction of sp³-hybridized carbons (Fsp3) is 0.324. The van der Waals surface area contributed by atoms with Gasteiger partial charge in [-0.15, -0.1) is 0 Å². The Hall–Kier alpha value is -4.19. The number of benzene rings is 5. The molecule has 0 unspecified atom stereocenters. The predicted molar refractivity (Wildman–Crippen MR) is 167 cm³/mol. The quantitative estimate of drug-likeness (QED) is 0.177. The van der Waals surface area contributed by atoms with Crippen LogP contribution in [0.2, 0.25) is 0 Å². The molecule has 40 heavy (non-hydrogen) atoms. The zero-order valence-corrected chi connectivity index (χ0v) is 25.1. The first-order valence-corrected chi connectivity index (χ1v) is 13.8. The first-order chi connectivity index (χ1) is 18.7. The van der Waals surface area contributed by atoms with Crippen LogP contribution in [0, 0.1) is 55.4 Å². The zero-order valence-electron chi connectivity index (χ0n) is 25.1. The third-order valence-electron chi connectivity index (χ3n) is 10.5. The van der Waals surface area contributed by atoms with Crippen molar-refractivity contribution in [1.82, 2.24) is 13.9 Å². The van der Waals surface area contributed by atoms with Gasteiger partial charge in [-0.05, 0) is 127 Å². The molecule has 0 fully saturated rings. The fourth-order valence-electron chi connectivity index (χ4n) is 7.81. The molecule has 202 valence electrons. The molecule has 0 radical (unpaired) electrons. The van der Waals surface area contributed by atoms with Gasteiger partial charge in [0.25, 0.3) is 16.7 Å². The van der Waals surface area contributed by atoms with Crippen molar-refractivity contribution in [2.45, 2.75) is 55.4 Å².